The molecule has 0 unspecified atom stereocenters. The van der Waals surface area contributed by atoms with Gasteiger partial charge < -0.3 is 14.8 Å². The van der Waals surface area contributed by atoms with Gasteiger partial charge in [-0.3, -0.25) is 4.79 Å². The highest BCUT2D eigenvalue weighted by atomic mass is 32.1. The van der Waals surface area contributed by atoms with Gasteiger partial charge in [0.25, 0.3) is 5.91 Å². The monoisotopic (exact) mass is 237 g/mol. The molecular weight excluding hydrogens is 230 g/mol. The van der Waals surface area contributed by atoms with Crippen LogP contribution in [0.4, 0.5) is 5.69 Å². The molecule has 2 aromatic heterocycles. The number of rotatable bonds is 3. The molecule has 2 N–H and O–H groups in total. The van der Waals surface area contributed by atoms with E-state index in [1.54, 1.807) is 11.4 Å². The van der Waals surface area contributed by atoms with E-state index in [4.69, 9.17) is 9.52 Å². The lowest BCUT2D eigenvalue weighted by atomic mass is 10.3. The maximum absolute atomic E-state index is 11.6. The van der Waals surface area contributed by atoms with Crippen LogP contribution in [0.2, 0.25) is 0 Å². The maximum atomic E-state index is 11.6. The summed E-state index contributed by atoms with van der Waals surface area (Å²) < 4.78 is 4.85. The summed E-state index contributed by atoms with van der Waals surface area (Å²) in [6, 6.07) is 2.92. The van der Waals surface area contributed by atoms with Gasteiger partial charge in [0.1, 0.15) is 6.26 Å². The Morgan fingerprint density at radius 2 is 2.25 bits per heavy atom. The van der Waals surface area contributed by atoms with Crippen LogP contribution in [0.1, 0.15) is 20.9 Å². The Balaban J connectivity index is 2.12. The van der Waals surface area contributed by atoms with Crippen LogP contribution in [0.5, 0.6) is 0 Å². The van der Waals surface area contributed by atoms with Gasteiger partial charge in [0.15, 0.2) is 5.76 Å². The molecule has 82 valence electrons. The number of amides is 1. The normalized spacial score (nSPS) is 10.0. The molecule has 1 amide bonds. The predicted octanol–water partition coefficient (Wildman–Crippen LogP) is 2.29. The largest absolute Gasteiger partial charge is 0.478 e. The molecule has 0 aliphatic carbocycles. The van der Waals surface area contributed by atoms with Gasteiger partial charge in [0.2, 0.25) is 0 Å². The number of hydrogen-bond donors (Lipinski definition) is 2. The molecule has 2 heterocycles. The first kappa shape index (κ1) is 10.4. The van der Waals surface area contributed by atoms with Gasteiger partial charge in [-0.05, 0) is 11.4 Å². The van der Waals surface area contributed by atoms with Gasteiger partial charge in [0.05, 0.1) is 11.3 Å². The van der Waals surface area contributed by atoms with E-state index in [0.29, 0.717) is 5.69 Å². The van der Waals surface area contributed by atoms with Crippen molar-refractivity contribution >= 4 is 28.9 Å². The Morgan fingerprint density at radius 3 is 2.81 bits per heavy atom. The molecular formula is C10H7NO4S. The van der Waals surface area contributed by atoms with Crippen LogP contribution in [0, 0.1) is 0 Å². The number of carboxylic acid groups (broad SMARTS) is 1. The van der Waals surface area contributed by atoms with Crippen LogP contribution in [-0.2, 0) is 0 Å². The van der Waals surface area contributed by atoms with Gasteiger partial charge in [-0.2, -0.15) is 11.3 Å². The van der Waals surface area contributed by atoms with Crippen LogP contribution >= 0.6 is 11.3 Å². The lowest BCUT2D eigenvalue weighted by Gasteiger charge is -1.97. The molecule has 16 heavy (non-hydrogen) atoms. The second-order valence-electron chi connectivity index (χ2n) is 2.97. The Kier molecular flexibility index (Phi) is 2.74. The fourth-order valence-corrected chi connectivity index (χ4v) is 1.68. The van der Waals surface area contributed by atoms with E-state index in [1.807, 2.05) is 5.38 Å². The second kappa shape index (κ2) is 4.19. The fraction of sp³-hybridized carbons (Fsp3) is 0. The number of carbonyl (C=O) groups is 2. The summed E-state index contributed by atoms with van der Waals surface area (Å²) in [4.78, 5) is 22.1. The highest BCUT2D eigenvalue weighted by molar-refractivity contribution is 7.08. The minimum absolute atomic E-state index is 0.0244. The maximum Gasteiger partial charge on any atom is 0.338 e. The van der Waals surface area contributed by atoms with Crippen molar-refractivity contribution in [3.8, 4) is 0 Å². The molecule has 2 rings (SSSR count). The van der Waals surface area contributed by atoms with Crippen molar-refractivity contribution in [2.24, 2.45) is 0 Å². The van der Waals surface area contributed by atoms with E-state index >= 15 is 0 Å². The summed E-state index contributed by atoms with van der Waals surface area (Å²) in [6.07, 6.45) is 1.03. The zero-order valence-electron chi connectivity index (χ0n) is 7.97. The van der Waals surface area contributed by atoms with E-state index in [9.17, 15) is 9.59 Å². The Labute approximate surface area is 94.3 Å². The van der Waals surface area contributed by atoms with Crippen LogP contribution in [0.25, 0.3) is 0 Å². The predicted molar refractivity (Wildman–Crippen MR) is 57.9 cm³/mol. The molecule has 0 radical (unpaired) electrons. The zero-order valence-corrected chi connectivity index (χ0v) is 8.78. The number of hydrogen-bond acceptors (Lipinski definition) is 4. The fourth-order valence-electron chi connectivity index (χ4n) is 1.10. The molecule has 2 aromatic rings. The second-order valence-corrected chi connectivity index (χ2v) is 3.75. The minimum Gasteiger partial charge on any atom is -0.478 e. The summed E-state index contributed by atoms with van der Waals surface area (Å²) in [5.41, 5.74) is 0.610. The third-order valence-corrected chi connectivity index (χ3v) is 2.53. The van der Waals surface area contributed by atoms with E-state index < -0.39 is 11.9 Å². The van der Waals surface area contributed by atoms with Gasteiger partial charge in [-0.15, -0.1) is 0 Å². The highest BCUT2D eigenvalue weighted by Gasteiger charge is 2.14. The molecule has 0 aromatic carbocycles. The number of carbonyl (C=O) groups excluding carboxylic acids is 1. The summed E-state index contributed by atoms with van der Waals surface area (Å²) in [5.74, 6) is -1.62. The first-order chi connectivity index (χ1) is 7.66. The molecule has 0 saturated carbocycles. The lowest BCUT2D eigenvalue weighted by molar-refractivity contribution is 0.0696. The third-order valence-electron chi connectivity index (χ3n) is 1.85. The third kappa shape index (κ3) is 2.12. The summed E-state index contributed by atoms with van der Waals surface area (Å²) in [6.45, 7) is 0. The first-order valence-corrected chi connectivity index (χ1v) is 5.26. The Bertz CT molecular complexity index is 515. The van der Waals surface area contributed by atoms with Crippen molar-refractivity contribution in [3.63, 3.8) is 0 Å². The average Bonchev–Trinajstić information content (AvgIpc) is 2.86. The van der Waals surface area contributed by atoms with E-state index in [2.05, 4.69) is 5.32 Å². The van der Waals surface area contributed by atoms with Crippen molar-refractivity contribution in [3.05, 3.63) is 40.5 Å². The SMILES string of the molecule is O=C(O)c1coc(C(=O)Nc2ccsc2)c1. The topological polar surface area (TPSA) is 79.5 Å². The molecule has 5 nitrogen and oxygen atoms in total. The summed E-state index contributed by atoms with van der Waals surface area (Å²) >= 11 is 1.45. The van der Waals surface area contributed by atoms with Gasteiger partial charge in [0, 0.05) is 11.4 Å². The quantitative estimate of drug-likeness (QED) is 0.858. The summed E-state index contributed by atoms with van der Waals surface area (Å²) in [5, 5.41) is 14.8. The molecule has 0 aliphatic rings. The Hall–Kier alpha value is -2.08. The van der Waals surface area contributed by atoms with Crippen LogP contribution in [-0.4, -0.2) is 17.0 Å². The highest BCUT2D eigenvalue weighted by Crippen LogP contribution is 2.14. The Morgan fingerprint density at radius 1 is 1.44 bits per heavy atom. The van der Waals surface area contributed by atoms with Crippen LogP contribution < -0.4 is 5.32 Å². The van der Waals surface area contributed by atoms with Gasteiger partial charge in [-0.25, -0.2) is 4.79 Å². The zero-order chi connectivity index (χ0) is 11.5. The van der Waals surface area contributed by atoms with Crippen LogP contribution in [0.15, 0.2) is 33.6 Å². The molecule has 0 bridgehead atoms. The van der Waals surface area contributed by atoms with Crippen molar-refractivity contribution in [1.29, 1.82) is 0 Å². The van der Waals surface area contributed by atoms with Crippen molar-refractivity contribution in [2.45, 2.75) is 0 Å². The first-order valence-electron chi connectivity index (χ1n) is 4.32. The van der Waals surface area contributed by atoms with Crippen LogP contribution in [0.3, 0.4) is 0 Å². The van der Waals surface area contributed by atoms with Crippen molar-refractivity contribution in [2.75, 3.05) is 5.32 Å². The molecule has 0 fully saturated rings. The van der Waals surface area contributed by atoms with Crippen molar-refractivity contribution in [1.82, 2.24) is 0 Å². The number of thiophene rings is 1. The van der Waals surface area contributed by atoms with E-state index in [1.165, 1.54) is 17.4 Å². The standard InChI is InChI=1S/C10H7NO4S/c12-9(11-7-1-2-16-5-7)8-3-6(4-15-8)10(13)14/h1-5H,(H,11,12)(H,13,14). The van der Waals surface area contributed by atoms with Crippen molar-refractivity contribution < 1.29 is 19.1 Å². The molecule has 0 saturated heterocycles. The number of carboxylic acids is 1. The molecule has 6 heteroatoms. The molecule has 0 spiro atoms. The minimum atomic E-state index is -1.13. The smallest absolute Gasteiger partial charge is 0.338 e. The van der Waals surface area contributed by atoms with Gasteiger partial charge in [-0.1, -0.05) is 0 Å². The number of nitrogens with one attached hydrogen (secondary N) is 1. The molecule has 0 aliphatic heterocycles. The molecule has 0 atom stereocenters. The lowest BCUT2D eigenvalue weighted by Crippen LogP contribution is -2.10. The van der Waals surface area contributed by atoms with E-state index in [0.717, 1.165) is 6.26 Å². The van der Waals surface area contributed by atoms with E-state index in [-0.39, 0.29) is 11.3 Å². The number of furan rings is 1. The summed E-state index contributed by atoms with van der Waals surface area (Å²) in [7, 11) is 0. The van der Waals surface area contributed by atoms with Gasteiger partial charge >= 0.3 is 5.97 Å². The average molecular weight is 237 g/mol. The number of aromatic carboxylic acids is 1. The number of anilines is 1.